The average molecular weight is 357 g/mol. The van der Waals surface area contributed by atoms with Crippen LogP contribution in [0.25, 0.3) is 11.3 Å². The Morgan fingerprint density at radius 3 is 2.58 bits per heavy atom. The Morgan fingerprint density at radius 2 is 1.92 bits per heavy atom. The number of aryl methyl sites for hydroxylation is 2. The van der Waals surface area contributed by atoms with Gasteiger partial charge in [-0.05, 0) is 59.9 Å². The lowest BCUT2D eigenvalue weighted by Gasteiger charge is -2.46. The van der Waals surface area contributed by atoms with E-state index in [4.69, 9.17) is 4.98 Å². The van der Waals surface area contributed by atoms with Crippen LogP contribution in [0.2, 0.25) is 0 Å². The number of hydrogen-bond donors (Lipinski definition) is 2. The normalized spacial score (nSPS) is 19.5. The van der Waals surface area contributed by atoms with Crippen molar-refractivity contribution in [1.82, 2.24) is 25.1 Å². The minimum atomic E-state index is 0.0922. The average Bonchev–Trinajstić information content (AvgIpc) is 2.85. The fourth-order valence-electron chi connectivity index (χ4n) is 4.30. The van der Waals surface area contributed by atoms with Gasteiger partial charge in [-0.2, -0.15) is 5.10 Å². The molecule has 2 N–H and O–H groups in total. The Bertz CT molecular complexity index is 745. The summed E-state index contributed by atoms with van der Waals surface area (Å²) >= 11 is 0. The van der Waals surface area contributed by atoms with E-state index in [1.54, 1.807) is 0 Å². The monoisotopic (exact) mass is 356 g/mol. The molecule has 3 rings (SSSR count). The van der Waals surface area contributed by atoms with Crippen LogP contribution in [0, 0.1) is 6.92 Å². The van der Waals surface area contributed by atoms with Crippen molar-refractivity contribution in [2.24, 2.45) is 0 Å². The number of anilines is 1. The highest BCUT2D eigenvalue weighted by Gasteiger charge is 2.37. The van der Waals surface area contributed by atoms with Gasteiger partial charge in [0.1, 0.15) is 0 Å². The number of nitrogens with one attached hydrogen (secondary N) is 2. The molecule has 0 saturated carbocycles. The topological polar surface area (TPSA) is 67.7 Å². The van der Waals surface area contributed by atoms with Gasteiger partial charge in [-0.15, -0.1) is 0 Å². The maximum absolute atomic E-state index is 4.77. The summed E-state index contributed by atoms with van der Waals surface area (Å²) in [6.45, 7) is 14.1. The lowest BCUT2D eigenvalue weighted by Crippen LogP contribution is -2.60. The largest absolute Gasteiger partial charge is 0.351 e. The quantitative estimate of drug-likeness (QED) is 0.853. The molecule has 6 heteroatoms. The molecule has 6 nitrogen and oxygen atoms in total. The summed E-state index contributed by atoms with van der Waals surface area (Å²) in [4.78, 5) is 9.23. The van der Waals surface area contributed by atoms with Crippen LogP contribution in [0.4, 0.5) is 5.95 Å². The van der Waals surface area contributed by atoms with Gasteiger partial charge < -0.3 is 10.6 Å². The molecule has 0 radical (unpaired) electrons. The molecule has 142 valence electrons. The molecule has 1 aliphatic rings. The standard InChI is InChI=1S/C20H32N6/c1-7-10-26-13-16(14(2)24-26)17-8-9-21-18(23-17)22-15-11-19(3,4)25-20(5,6)12-15/h8-9,13,15,25H,7,10-12H2,1-6H3,(H,21,22,23). The van der Waals surface area contributed by atoms with Crippen LogP contribution in [-0.4, -0.2) is 36.9 Å². The number of aromatic nitrogens is 4. The molecular formula is C20H32N6. The molecular weight excluding hydrogens is 324 g/mol. The van der Waals surface area contributed by atoms with Gasteiger partial charge in [0.15, 0.2) is 0 Å². The van der Waals surface area contributed by atoms with Gasteiger partial charge in [-0.1, -0.05) is 6.92 Å². The minimum Gasteiger partial charge on any atom is -0.351 e. The van der Waals surface area contributed by atoms with E-state index in [2.05, 4.69) is 61.5 Å². The summed E-state index contributed by atoms with van der Waals surface area (Å²) in [6, 6.07) is 2.31. The van der Waals surface area contributed by atoms with Crippen LogP contribution in [0.15, 0.2) is 18.5 Å². The highest BCUT2D eigenvalue weighted by atomic mass is 15.3. The van der Waals surface area contributed by atoms with Crippen LogP contribution in [0.5, 0.6) is 0 Å². The summed E-state index contributed by atoms with van der Waals surface area (Å²) in [5.74, 6) is 0.698. The smallest absolute Gasteiger partial charge is 0.223 e. The van der Waals surface area contributed by atoms with Crippen molar-refractivity contribution >= 4 is 5.95 Å². The number of nitrogens with zero attached hydrogens (tertiary/aromatic N) is 4. The number of hydrogen-bond acceptors (Lipinski definition) is 5. The fourth-order valence-corrected chi connectivity index (χ4v) is 4.30. The van der Waals surface area contributed by atoms with Crippen LogP contribution in [0.3, 0.4) is 0 Å². The number of rotatable bonds is 5. The van der Waals surface area contributed by atoms with Gasteiger partial charge in [0.2, 0.25) is 5.95 Å². The second kappa shape index (κ2) is 6.99. The van der Waals surface area contributed by atoms with E-state index in [9.17, 15) is 0 Å². The second-order valence-corrected chi connectivity index (χ2v) is 8.80. The summed E-state index contributed by atoms with van der Waals surface area (Å²) < 4.78 is 2.00. The Morgan fingerprint density at radius 1 is 1.23 bits per heavy atom. The van der Waals surface area contributed by atoms with Crippen LogP contribution in [0.1, 0.15) is 59.6 Å². The lowest BCUT2D eigenvalue weighted by atomic mass is 9.80. The molecule has 2 aromatic rings. The SMILES string of the molecule is CCCn1cc(-c2ccnc(NC3CC(C)(C)NC(C)(C)C3)n2)c(C)n1. The Labute approximate surface area is 156 Å². The zero-order chi connectivity index (χ0) is 18.9. The van der Waals surface area contributed by atoms with Crippen molar-refractivity contribution in [3.05, 3.63) is 24.2 Å². The minimum absolute atomic E-state index is 0.0922. The lowest BCUT2D eigenvalue weighted by molar-refractivity contribution is 0.170. The van der Waals surface area contributed by atoms with Crippen molar-refractivity contribution in [2.45, 2.75) is 84.5 Å². The summed E-state index contributed by atoms with van der Waals surface area (Å²) in [5, 5.41) is 11.9. The molecule has 1 saturated heterocycles. The highest BCUT2D eigenvalue weighted by Crippen LogP contribution is 2.30. The van der Waals surface area contributed by atoms with Gasteiger partial charge in [0.05, 0.1) is 11.4 Å². The molecule has 1 aliphatic heterocycles. The predicted molar refractivity (Wildman–Crippen MR) is 106 cm³/mol. The summed E-state index contributed by atoms with van der Waals surface area (Å²) in [6.07, 6.45) is 7.06. The summed E-state index contributed by atoms with van der Waals surface area (Å²) in [5.41, 5.74) is 3.20. The van der Waals surface area contributed by atoms with E-state index in [0.29, 0.717) is 12.0 Å². The Kier molecular flexibility index (Phi) is 5.06. The van der Waals surface area contributed by atoms with Crippen LogP contribution in [-0.2, 0) is 6.54 Å². The van der Waals surface area contributed by atoms with E-state index in [1.165, 1.54) is 0 Å². The first-order valence-electron chi connectivity index (χ1n) is 9.61. The molecule has 2 aromatic heterocycles. The molecule has 0 bridgehead atoms. The van der Waals surface area contributed by atoms with Gasteiger partial charge in [0.25, 0.3) is 0 Å². The van der Waals surface area contributed by atoms with Crippen LogP contribution >= 0.6 is 0 Å². The molecule has 0 unspecified atom stereocenters. The van der Waals surface area contributed by atoms with Crippen molar-refractivity contribution in [1.29, 1.82) is 0 Å². The molecule has 26 heavy (non-hydrogen) atoms. The van der Waals surface area contributed by atoms with Crippen molar-refractivity contribution in [3.8, 4) is 11.3 Å². The van der Waals surface area contributed by atoms with Gasteiger partial charge in [-0.3, -0.25) is 4.68 Å². The third-order valence-electron chi connectivity index (χ3n) is 4.85. The first-order chi connectivity index (χ1) is 12.2. The van der Waals surface area contributed by atoms with Gasteiger partial charge in [-0.25, -0.2) is 9.97 Å². The fraction of sp³-hybridized carbons (Fsp3) is 0.650. The van der Waals surface area contributed by atoms with E-state index < -0.39 is 0 Å². The first kappa shape index (κ1) is 18.8. The maximum atomic E-state index is 4.77. The van der Waals surface area contributed by atoms with E-state index in [-0.39, 0.29) is 11.1 Å². The first-order valence-corrected chi connectivity index (χ1v) is 9.61. The molecule has 0 amide bonds. The van der Waals surface area contributed by atoms with E-state index in [1.807, 2.05) is 23.9 Å². The second-order valence-electron chi connectivity index (χ2n) is 8.80. The molecule has 0 spiro atoms. The highest BCUT2D eigenvalue weighted by molar-refractivity contribution is 5.61. The van der Waals surface area contributed by atoms with E-state index in [0.717, 1.165) is 42.8 Å². The third-order valence-corrected chi connectivity index (χ3v) is 4.85. The molecule has 1 fully saturated rings. The Hall–Kier alpha value is -1.95. The predicted octanol–water partition coefficient (Wildman–Crippen LogP) is 3.78. The number of piperidine rings is 1. The molecule has 3 heterocycles. The molecule has 0 atom stereocenters. The van der Waals surface area contributed by atoms with Crippen molar-refractivity contribution in [2.75, 3.05) is 5.32 Å². The molecule has 0 aliphatic carbocycles. The third kappa shape index (κ3) is 4.41. The molecule has 0 aromatic carbocycles. The zero-order valence-corrected chi connectivity index (χ0v) is 16.9. The maximum Gasteiger partial charge on any atom is 0.223 e. The van der Waals surface area contributed by atoms with Crippen molar-refractivity contribution in [3.63, 3.8) is 0 Å². The Balaban J connectivity index is 1.79. The summed E-state index contributed by atoms with van der Waals surface area (Å²) in [7, 11) is 0. The van der Waals surface area contributed by atoms with Crippen molar-refractivity contribution < 1.29 is 0 Å². The zero-order valence-electron chi connectivity index (χ0n) is 16.9. The van der Waals surface area contributed by atoms with Gasteiger partial charge >= 0.3 is 0 Å². The van der Waals surface area contributed by atoms with E-state index >= 15 is 0 Å². The van der Waals surface area contributed by atoms with Gasteiger partial charge in [0, 0.05) is 41.6 Å². The van der Waals surface area contributed by atoms with Crippen LogP contribution < -0.4 is 10.6 Å².